The number of rotatable bonds is 4. The fourth-order valence-corrected chi connectivity index (χ4v) is 2.63. The molecule has 1 amide bonds. The summed E-state index contributed by atoms with van der Waals surface area (Å²) in [6, 6.07) is 3.61. The van der Waals surface area contributed by atoms with Crippen molar-refractivity contribution in [1.29, 1.82) is 0 Å². The van der Waals surface area contributed by atoms with Crippen LogP contribution in [0.3, 0.4) is 0 Å². The highest BCUT2D eigenvalue weighted by molar-refractivity contribution is 7.14. The molecule has 1 aromatic heterocycles. The van der Waals surface area contributed by atoms with Crippen molar-refractivity contribution in [3.05, 3.63) is 21.9 Å². The van der Waals surface area contributed by atoms with Crippen molar-refractivity contribution in [3.63, 3.8) is 0 Å². The topological polar surface area (TPSA) is 58.6 Å². The summed E-state index contributed by atoms with van der Waals surface area (Å²) in [5, 5.41) is 11.5. The summed E-state index contributed by atoms with van der Waals surface area (Å²) in [6.07, 6.45) is 2.71. The first-order chi connectivity index (χ1) is 9.29. The summed E-state index contributed by atoms with van der Waals surface area (Å²) in [4.78, 5) is 13.4. The summed E-state index contributed by atoms with van der Waals surface area (Å²) in [5.74, 6) is 5.69. The van der Waals surface area contributed by atoms with E-state index in [1.54, 1.807) is 6.07 Å². The molecule has 5 heteroatoms. The minimum Gasteiger partial charge on any atom is -0.395 e. The lowest BCUT2D eigenvalue weighted by atomic mass is 10.2. The van der Waals surface area contributed by atoms with Crippen molar-refractivity contribution >= 4 is 17.2 Å². The van der Waals surface area contributed by atoms with Gasteiger partial charge in [-0.1, -0.05) is 11.8 Å². The molecule has 1 aliphatic rings. The molecule has 1 aromatic rings. The van der Waals surface area contributed by atoms with Crippen molar-refractivity contribution in [2.45, 2.75) is 25.4 Å². The predicted octanol–water partition coefficient (Wildman–Crippen LogP) is 1.39. The molecule has 1 fully saturated rings. The quantitative estimate of drug-likeness (QED) is 0.819. The normalized spacial score (nSPS) is 17.8. The van der Waals surface area contributed by atoms with Crippen LogP contribution >= 0.6 is 11.3 Å². The first-order valence-electron chi connectivity index (χ1n) is 6.39. The van der Waals surface area contributed by atoms with Crippen LogP contribution < -0.4 is 5.32 Å². The van der Waals surface area contributed by atoms with Crippen LogP contribution in [-0.2, 0) is 4.74 Å². The Labute approximate surface area is 116 Å². The number of ether oxygens (including phenoxy) is 1. The molecule has 19 heavy (non-hydrogen) atoms. The average Bonchev–Trinajstić information content (AvgIpc) is 3.07. The van der Waals surface area contributed by atoms with E-state index in [2.05, 4.69) is 17.2 Å². The largest absolute Gasteiger partial charge is 0.395 e. The number of carbonyl (C=O) groups is 1. The Balaban J connectivity index is 1.83. The van der Waals surface area contributed by atoms with Gasteiger partial charge in [0, 0.05) is 19.6 Å². The molecule has 2 N–H and O–H groups in total. The lowest BCUT2D eigenvalue weighted by Gasteiger charge is -2.09. The van der Waals surface area contributed by atoms with Gasteiger partial charge in [-0.2, -0.15) is 0 Å². The second-order valence-electron chi connectivity index (χ2n) is 4.28. The Bertz CT molecular complexity index is 480. The van der Waals surface area contributed by atoms with Gasteiger partial charge in [0.15, 0.2) is 0 Å². The molecule has 0 aromatic carbocycles. The summed E-state index contributed by atoms with van der Waals surface area (Å²) in [6.45, 7) is 1.43. The van der Waals surface area contributed by atoms with E-state index in [-0.39, 0.29) is 18.6 Å². The monoisotopic (exact) mass is 279 g/mol. The van der Waals surface area contributed by atoms with Gasteiger partial charge in [-0.3, -0.25) is 4.79 Å². The van der Waals surface area contributed by atoms with Crippen LogP contribution in [0.15, 0.2) is 12.1 Å². The van der Waals surface area contributed by atoms with Crippen LogP contribution in [0.1, 0.15) is 33.8 Å². The maximum Gasteiger partial charge on any atom is 0.261 e. The minimum atomic E-state index is -0.0734. The second-order valence-corrected chi connectivity index (χ2v) is 5.37. The third-order valence-electron chi connectivity index (χ3n) is 2.79. The Morgan fingerprint density at radius 3 is 3.21 bits per heavy atom. The van der Waals surface area contributed by atoms with Gasteiger partial charge >= 0.3 is 0 Å². The Hall–Kier alpha value is -1.35. The molecule has 2 heterocycles. The number of amides is 1. The number of aliphatic hydroxyl groups is 1. The van der Waals surface area contributed by atoms with Crippen molar-refractivity contribution in [1.82, 2.24) is 5.32 Å². The van der Waals surface area contributed by atoms with E-state index in [9.17, 15) is 4.79 Å². The smallest absolute Gasteiger partial charge is 0.261 e. The van der Waals surface area contributed by atoms with E-state index in [4.69, 9.17) is 9.84 Å². The Morgan fingerprint density at radius 2 is 2.47 bits per heavy atom. The fraction of sp³-hybridized carbons (Fsp3) is 0.500. The molecule has 0 spiro atoms. The van der Waals surface area contributed by atoms with Crippen molar-refractivity contribution in [3.8, 4) is 11.8 Å². The van der Waals surface area contributed by atoms with Crippen LogP contribution in [0.4, 0.5) is 0 Å². The van der Waals surface area contributed by atoms with E-state index in [0.717, 1.165) is 24.3 Å². The van der Waals surface area contributed by atoms with E-state index in [1.807, 2.05) is 6.07 Å². The number of carbonyl (C=O) groups excluding carboxylic acids is 1. The lowest BCUT2D eigenvalue weighted by molar-refractivity contribution is 0.0861. The van der Waals surface area contributed by atoms with Crippen molar-refractivity contribution in [2.24, 2.45) is 0 Å². The molecule has 1 aliphatic heterocycles. The zero-order chi connectivity index (χ0) is 13.5. The fourth-order valence-electron chi connectivity index (χ4n) is 1.83. The molecule has 2 rings (SSSR count). The van der Waals surface area contributed by atoms with Crippen LogP contribution in [0, 0.1) is 11.8 Å². The summed E-state index contributed by atoms with van der Waals surface area (Å²) in [5.41, 5.74) is 0. The number of hydrogen-bond donors (Lipinski definition) is 2. The van der Waals surface area contributed by atoms with Gasteiger partial charge in [0.05, 0.1) is 22.5 Å². The molecule has 4 nitrogen and oxygen atoms in total. The molecule has 1 atom stereocenters. The van der Waals surface area contributed by atoms with Crippen LogP contribution in [0.5, 0.6) is 0 Å². The SMILES string of the molecule is O=C(NCC1CCCO1)c1ccc(C#CCCO)s1. The number of hydrogen-bond acceptors (Lipinski definition) is 4. The molecular weight excluding hydrogens is 262 g/mol. The van der Waals surface area contributed by atoms with E-state index in [1.165, 1.54) is 11.3 Å². The third kappa shape index (κ3) is 4.35. The van der Waals surface area contributed by atoms with E-state index >= 15 is 0 Å². The highest BCUT2D eigenvalue weighted by Gasteiger charge is 2.17. The zero-order valence-electron chi connectivity index (χ0n) is 10.6. The molecule has 0 radical (unpaired) electrons. The molecular formula is C14H17NO3S. The van der Waals surface area contributed by atoms with E-state index in [0.29, 0.717) is 17.8 Å². The Morgan fingerprint density at radius 1 is 1.58 bits per heavy atom. The molecule has 1 unspecified atom stereocenters. The molecule has 0 bridgehead atoms. The van der Waals surface area contributed by atoms with Gasteiger partial charge in [-0.15, -0.1) is 11.3 Å². The first kappa shape index (κ1) is 14.1. The number of nitrogens with one attached hydrogen (secondary N) is 1. The number of thiophene rings is 1. The highest BCUT2D eigenvalue weighted by Crippen LogP contribution is 2.16. The standard InChI is InChI=1S/C14H17NO3S/c16-8-2-1-5-12-6-7-13(19-12)14(17)15-10-11-4-3-9-18-11/h6-7,11,16H,2-4,8-10H2,(H,15,17). The van der Waals surface area contributed by atoms with Gasteiger partial charge in [0.1, 0.15) is 0 Å². The van der Waals surface area contributed by atoms with Gasteiger partial charge in [-0.25, -0.2) is 0 Å². The van der Waals surface area contributed by atoms with Gasteiger partial charge in [0.25, 0.3) is 5.91 Å². The molecule has 1 saturated heterocycles. The van der Waals surface area contributed by atoms with Gasteiger partial charge < -0.3 is 15.2 Å². The first-order valence-corrected chi connectivity index (χ1v) is 7.20. The van der Waals surface area contributed by atoms with Crippen LogP contribution in [-0.4, -0.2) is 36.9 Å². The van der Waals surface area contributed by atoms with E-state index < -0.39 is 0 Å². The summed E-state index contributed by atoms with van der Waals surface area (Å²) in [7, 11) is 0. The average molecular weight is 279 g/mol. The summed E-state index contributed by atoms with van der Waals surface area (Å²) >= 11 is 1.37. The van der Waals surface area contributed by atoms with Gasteiger partial charge in [0.2, 0.25) is 0 Å². The third-order valence-corrected chi connectivity index (χ3v) is 3.79. The highest BCUT2D eigenvalue weighted by atomic mass is 32.1. The molecule has 0 aliphatic carbocycles. The predicted molar refractivity (Wildman–Crippen MR) is 74.2 cm³/mol. The minimum absolute atomic E-state index is 0.0626. The summed E-state index contributed by atoms with van der Waals surface area (Å²) < 4.78 is 5.45. The second kappa shape index (κ2) is 7.29. The maximum atomic E-state index is 11.9. The van der Waals surface area contributed by atoms with Crippen molar-refractivity contribution < 1.29 is 14.6 Å². The number of aliphatic hydroxyl groups excluding tert-OH is 1. The Kier molecular flexibility index (Phi) is 5.40. The van der Waals surface area contributed by atoms with Crippen molar-refractivity contribution in [2.75, 3.05) is 19.8 Å². The zero-order valence-corrected chi connectivity index (χ0v) is 11.5. The molecule has 102 valence electrons. The van der Waals surface area contributed by atoms with Gasteiger partial charge in [-0.05, 0) is 25.0 Å². The van der Waals surface area contributed by atoms with Crippen LogP contribution in [0.25, 0.3) is 0 Å². The lowest BCUT2D eigenvalue weighted by Crippen LogP contribution is -2.31. The maximum absolute atomic E-state index is 11.9. The molecule has 0 saturated carbocycles. The van der Waals surface area contributed by atoms with Crippen LogP contribution in [0.2, 0.25) is 0 Å².